The first-order valence-electron chi connectivity index (χ1n) is 7.60. The van der Waals surface area contributed by atoms with E-state index in [9.17, 15) is 4.79 Å². The fourth-order valence-electron chi connectivity index (χ4n) is 2.57. The average Bonchev–Trinajstić information content (AvgIpc) is 3.02. The summed E-state index contributed by atoms with van der Waals surface area (Å²) in [7, 11) is -0.490. The lowest BCUT2D eigenvalue weighted by Crippen LogP contribution is -2.44. The molecule has 0 bridgehead atoms. The van der Waals surface area contributed by atoms with E-state index in [1.54, 1.807) is 0 Å². The lowest BCUT2D eigenvalue weighted by Gasteiger charge is -2.32. The van der Waals surface area contributed by atoms with Gasteiger partial charge >= 0.3 is 7.12 Å². The van der Waals surface area contributed by atoms with Gasteiger partial charge in [0.1, 0.15) is 0 Å². The number of carbonyl (C=O) groups is 1. The van der Waals surface area contributed by atoms with E-state index in [1.165, 1.54) is 11.3 Å². The van der Waals surface area contributed by atoms with Gasteiger partial charge in [0.05, 0.1) is 30.0 Å². The van der Waals surface area contributed by atoms with E-state index in [2.05, 4.69) is 0 Å². The van der Waals surface area contributed by atoms with Crippen LogP contribution in [-0.4, -0.2) is 55.4 Å². The number of hydrogen-bond acceptors (Lipinski definition) is 5. The fraction of sp³-hybridized carbons (Fsp3) is 0.667. The summed E-state index contributed by atoms with van der Waals surface area (Å²) in [5.41, 5.74) is 0.711. The second-order valence-corrected chi connectivity index (χ2v) is 7.48. The highest BCUT2D eigenvalue weighted by molar-refractivity contribution is 7.09. The van der Waals surface area contributed by atoms with E-state index < -0.39 is 18.3 Å². The van der Waals surface area contributed by atoms with Crippen molar-refractivity contribution < 1.29 is 18.8 Å². The number of amides is 1. The first-order chi connectivity index (χ1) is 10.3. The molecule has 1 amide bonds. The fourth-order valence-corrected chi connectivity index (χ4v) is 3.40. The Morgan fingerprint density at radius 3 is 2.32 bits per heavy atom. The van der Waals surface area contributed by atoms with Crippen molar-refractivity contribution in [1.82, 2.24) is 4.90 Å². The van der Waals surface area contributed by atoms with Gasteiger partial charge in [0.15, 0.2) is 0 Å². The van der Waals surface area contributed by atoms with Crippen molar-refractivity contribution in [3.05, 3.63) is 16.3 Å². The van der Waals surface area contributed by atoms with Crippen LogP contribution >= 0.6 is 11.3 Å². The summed E-state index contributed by atoms with van der Waals surface area (Å²) < 4.78 is 17.5. The minimum Gasteiger partial charge on any atom is -0.399 e. The molecular weight excluding hydrogens is 301 g/mol. The molecule has 2 saturated heterocycles. The van der Waals surface area contributed by atoms with Crippen LogP contribution in [-0.2, 0) is 14.0 Å². The predicted octanol–water partition coefficient (Wildman–Crippen LogP) is 1.52. The largest absolute Gasteiger partial charge is 0.496 e. The molecule has 2 aliphatic rings. The molecule has 1 aromatic rings. The van der Waals surface area contributed by atoms with Crippen molar-refractivity contribution in [2.45, 2.75) is 38.9 Å². The van der Waals surface area contributed by atoms with Crippen LogP contribution < -0.4 is 5.46 Å². The molecule has 2 fully saturated rings. The van der Waals surface area contributed by atoms with Gasteiger partial charge in [-0.2, -0.15) is 11.3 Å². The Morgan fingerprint density at radius 2 is 1.73 bits per heavy atom. The van der Waals surface area contributed by atoms with Gasteiger partial charge in [0, 0.05) is 23.9 Å². The Kier molecular flexibility index (Phi) is 4.10. The van der Waals surface area contributed by atoms with Crippen LogP contribution in [0.1, 0.15) is 38.1 Å². The molecule has 1 aromatic heterocycles. The smallest absolute Gasteiger partial charge is 0.399 e. The van der Waals surface area contributed by atoms with Gasteiger partial charge in [-0.1, -0.05) is 0 Å². The average molecular weight is 323 g/mol. The Hall–Kier alpha value is -0.885. The Bertz CT molecular complexity index is 550. The Labute approximate surface area is 135 Å². The second-order valence-electron chi connectivity index (χ2n) is 6.73. The zero-order valence-corrected chi connectivity index (χ0v) is 14.4. The molecule has 0 radical (unpaired) electrons. The van der Waals surface area contributed by atoms with Crippen LogP contribution in [0.3, 0.4) is 0 Å². The van der Waals surface area contributed by atoms with Gasteiger partial charge in [0.2, 0.25) is 0 Å². The summed E-state index contributed by atoms with van der Waals surface area (Å²) in [4.78, 5) is 14.6. The highest BCUT2D eigenvalue weighted by Crippen LogP contribution is 2.37. The molecule has 22 heavy (non-hydrogen) atoms. The number of hydrogen-bond donors (Lipinski definition) is 0. The van der Waals surface area contributed by atoms with Crippen LogP contribution in [0.25, 0.3) is 0 Å². The predicted molar refractivity (Wildman–Crippen MR) is 86.8 cm³/mol. The normalized spacial score (nSPS) is 23.8. The first kappa shape index (κ1) is 16.0. The monoisotopic (exact) mass is 323 g/mol. The molecule has 0 atom stereocenters. The van der Waals surface area contributed by atoms with E-state index in [4.69, 9.17) is 14.0 Å². The molecule has 5 nitrogen and oxygen atoms in total. The zero-order valence-electron chi connectivity index (χ0n) is 13.5. The third kappa shape index (κ3) is 2.71. The van der Waals surface area contributed by atoms with Crippen LogP contribution in [0.2, 0.25) is 0 Å². The zero-order chi connectivity index (χ0) is 16.0. The van der Waals surface area contributed by atoms with Crippen molar-refractivity contribution in [1.29, 1.82) is 0 Å². The number of ether oxygens (including phenoxy) is 1. The van der Waals surface area contributed by atoms with E-state index >= 15 is 0 Å². The Morgan fingerprint density at radius 1 is 1.14 bits per heavy atom. The van der Waals surface area contributed by atoms with Gasteiger partial charge in [-0.05, 0) is 33.1 Å². The maximum atomic E-state index is 12.7. The molecule has 0 aromatic carbocycles. The molecule has 120 valence electrons. The molecule has 7 heteroatoms. The van der Waals surface area contributed by atoms with Crippen molar-refractivity contribution in [3.8, 4) is 0 Å². The highest BCUT2D eigenvalue weighted by atomic mass is 32.1. The summed E-state index contributed by atoms with van der Waals surface area (Å²) in [5.74, 6) is 0.0364. The molecular formula is C15H22BNO4S. The maximum absolute atomic E-state index is 12.7. The molecule has 0 N–H and O–H groups in total. The molecule has 0 saturated carbocycles. The van der Waals surface area contributed by atoms with Crippen LogP contribution in [0.5, 0.6) is 0 Å². The third-order valence-corrected chi connectivity index (χ3v) is 5.49. The Balaban J connectivity index is 1.82. The number of thiophene rings is 1. The van der Waals surface area contributed by atoms with Crippen LogP contribution in [0.15, 0.2) is 10.8 Å². The molecule has 2 aliphatic heterocycles. The minimum absolute atomic E-state index is 0.0364. The van der Waals surface area contributed by atoms with E-state index in [1.807, 2.05) is 43.4 Å². The number of rotatable bonds is 2. The topological polar surface area (TPSA) is 48.0 Å². The summed E-state index contributed by atoms with van der Waals surface area (Å²) in [6.07, 6.45) is 0. The maximum Gasteiger partial charge on any atom is 0.496 e. The number of nitrogens with zero attached hydrogens (tertiary/aromatic N) is 1. The summed E-state index contributed by atoms with van der Waals surface area (Å²) in [6, 6.07) is 0. The van der Waals surface area contributed by atoms with Crippen molar-refractivity contribution in [3.63, 3.8) is 0 Å². The second kappa shape index (κ2) is 5.63. The lowest BCUT2D eigenvalue weighted by molar-refractivity contribution is 0.00578. The summed E-state index contributed by atoms with van der Waals surface area (Å²) >= 11 is 1.51. The first-order valence-corrected chi connectivity index (χ1v) is 8.55. The quantitative estimate of drug-likeness (QED) is 0.775. The lowest BCUT2D eigenvalue weighted by atomic mass is 9.78. The van der Waals surface area contributed by atoms with Crippen molar-refractivity contribution in [2.75, 3.05) is 26.3 Å². The highest BCUT2D eigenvalue weighted by Gasteiger charge is 2.52. The molecule has 0 aliphatic carbocycles. The number of carbonyl (C=O) groups excluding carboxylic acids is 1. The van der Waals surface area contributed by atoms with Gasteiger partial charge in [-0.15, -0.1) is 0 Å². The van der Waals surface area contributed by atoms with Gasteiger partial charge in [-0.25, -0.2) is 0 Å². The van der Waals surface area contributed by atoms with E-state index in [0.717, 1.165) is 5.46 Å². The number of morpholine rings is 1. The van der Waals surface area contributed by atoms with Gasteiger partial charge in [0.25, 0.3) is 5.91 Å². The molecule has 0 unspecified atom stereocenters. The van der Waals surface area contributed by atoms with E-state index in [0.29, 0.717) is 31.9 Å². The van der Waals surface area contributed by atoms with Gasteiger partial charge < -0.3 is 18.9 Å². The third-order valence-electron chi connectivity index (χ3n) is 4.73. The van der Waals surface area contributed by atoms with Crippen LogP contribution in [0.4, 0.5) is 0 Å². The SMILES string of the molecule is CC1(C)OB(c2cscc2C(=O)N2CCOCC2)OC1(C)C. The summed E-state index contributed by atoms with van der Waals surface area (Å²) in [5, 5.41) is 3.84. The standard InChI is InChI=1S/C15H22BNO4S/c1-14(2)15(3,4)21-16(20-14)12-10-22-9-11(12)13(18)17-5-7-19-8-6-17/h9-10H,5-8H2,1-4H3. The van der Waals surface area contributed by atoms with E-state index in [-0.39, 0.29) is 5.91 Å². The minimum atomic E-state index is -0.490. The molecule has 3 rings (SSSR count). The summed E-state index contributed by atoms with van der Waals surface area (Å²) in [6.45, 7) is 10.5. The van der Waals surface area contributed by atoms with Crippen molar-refractivity contribution >= 4 is 29.8 Å². The molecule has 3 heterocycles. The molecule has 0 spiro atoms. The van der Waals surface area contributed by atoms with Crippen molar-refractivity contribution in [2.24, 2.45) is 0 Å². The van der Waals surface area contributed by atoms with Crippen LogP contribution in [0, 0.1) is 0 Å². The van der Waals surface area contributed by atoms with Gasteiger partial charge in [-0.3, -0.25) is 4.79 Å².